The van der Waals surface area contributed by atoms with Crippen molar-refractivity contribution in [1.29, 1.82) is 0 Å². The molecule has 156 valence electrons. The molecule has 29 heavy (non-hydrogen) atoms. The second-order valence-electron chi connectivity index (χ2n) is 7.26. The number of phenolic OH excluding ortho intramolecular Hbond substituents is 1. The van der Waals surface area contributed by atoms with Crippen LogP contribution >= 0.6 is 0 Å². The monoisotopic (exact) mass is 419 g/mol. The number of amides is 1. The quantitative estimate of drug-likeness (QED) is 0.692. The Labute approximate surface area is 170 Å². The van der Waals surface area contributed by atoms with Crippen LogP contribution in [-0.2, 0) is 19.4 Å². The van der Waals surface area contributed by atoms with E-state index >= 15 is 0 Å². The summed E-state index contributed by atoms with van der Waals surface area (Å²) in [6, 6.07) is 9.86. The highest BCUT2D eigenvalue weighted by Gasteiger charge is 2.34. The molecule has 1 saturated heterocycles. The molecule has 1 aliphatic heterocycles. The van der Waals surface area contributed by atoms with Crippen LogP contribution in [0.4, 0.5) is 0 Å². The van der Waals surface area contributed by atoms with Crippen molar-refractivity contribution in [2.75, 3.05) is 24.7 Å². The van der Waals surface area contributed by atoms with Gasteiger partial charge in [-0.25, -0.2) is 13.2 Å². The molecule has 0 aromatic heterocycles. The number of phenols is 1. The van der Waals surface area contributed by atoms with Crippen molar-refractivity contribution in [2.24, 2.45) is 0 Å². The Hall–Kier alpha value is -2.61. The molecule has 1 N–H and O–H groups in total. The normalized spacial score (nSPS) is 17.9. The molecule has 0 aliphatic carbocycles. The van der Waals surface area contributed by atoms with Crippen LogP contribution in [0.2, 0.25) is 0 Å². The van der Waals surface area contributed by atoms with E-state index in [0.717, 1.165) is 18.2 Å². The zero-order valence-electron chi connectivity index (χ0n) is 16.3. The maximum Gasteiger partial charge on any atom is 0.342 e. The first kappa shape index (κ1) is 21.1. The van der Waals surface area contributed by atoms with Gasteiger partial charge in [-0.15, -0.1) is 0 Å². The van der Waals surface area contributed by atoms with Gasteiger partial charge in [0.1, 0.15) is 11.3 Å². The fraction of sp³-hybridized carbons (Fsp3) is 0.429. The number of nitrogens with zero attached hydrogens (tertiary/aromatic N) is 1. The van der Waals surface area contributed by atoms with E-state index < -0.39 is 28.3 Å². The molecule has 0 saturated carbocycles. The highest BCUT2D eigenvalue weighted by molar-refractivity contribution is 7.91. The van der Waals surface area contributed by atoms with Crippen LogP contribution in [0.25, 0.3) is 10.8 Å². The van der Waals surface area contributed by atoms with Crippen molar-refractivity contribution in [2.45, 2.75) is 32.2 Å². The van der Waals surface area contributed by atoms with E-state index in [-0.39, 0.29) is 28.9 Å². The number of rotatable bonds is 7. The second-order valence-corrected chi connectivity index (χ2v) is 9.49. The predicted octanol–water partition coefficient (Wildman–Crippen LogP) is 2.52. The Bertz CT molecular complexity index is 1020. The zero-order valence-corrected chi connectivity index (χ0v) is 17.2. The second kappa shape index (κ2) is 8.82. The van der Waals surface area contributed by atoms with Crippen molar-refractivity contribution < 1.29 is 27.9 Å². The number of hydrogen-bond donors (Lipinski definition) is 1. The number of fused-ring (bicyclic) bond motifs is 1. The summed E-state index contributed by atoms with van der Waals surface area (Å²) in [5.74, 6) is -1.39. The minimum atomic E-state index is -3.13. The maximum atomic E-state index is 12.7. The van der Waals surface area contributed by atoms with E-state index in [4.69, 9.17) is 4.74 Å². The van der Waals surface area contributed by atoms with E-state index in [1.165, 1.54) is 11.0 Å². The number of sulfone groups is 1. The summed E-state index contributed by atoms with van der Waals surface area (Å²) in [5, 5.41) is 11.7. The Morgan fingerprint density at radius 3 is 2.66 bits per heavy atom. The molecule has 0 spiro atoms. The summed E-state index contributed by atoms with van der Waals surface area (Å²) < 4.78 is 28.7. The molecule has 1 atom stereocenters. The van der Waals surface area contributed by atoms with Gasteiger partial charge >= 0.3 is 5.97 Å². The van der Waals surface area contributed by atoms with E-state index in [2.05, 4.69) is 0 Å². The first-order valence-electron chi connectivity index (χ1n) is 9.70. The third kappa shape index (κ3) is 4.87. The van der Waals surface area contributed by atoms with Gasteiger partial charge in [0.15, 0.2) is 16.4 Å². The Balaban J connectivity index is 1.69. The minimum absolute atomic E-state index is 0.0138. The smallest absolute Gasteiger partial charge is 0.342 e. The Morgan fingerprint density at radius 1 is 1.21 bits per heavy atom. The van der Waals surface area contributed by atoms with Gasteiger partial charge in [-0.1, -0.05) is 43.7 Å². The summed E-state index contributed by atoms with van der Waals surface area (Å²) in [6.45, 7) is 1.91. The summed E-state index contributed by atoms with van der Waals surface area (Å²) in [5.41, 5.74) is -0.0138. The van der Waals surface area contributed by atoms with Gasteiger partial charge in [-0.2, -0.15) is 0 Å². The SMILES string of the molecule is CCCCN(C(=O)COC(=O)c1ccc2ccccc2c1O)C1CCS(=O)(=O)C1. The van der Waals surface area contributed by atoms with E-state index in [0.29, 0.717) is 18.4 Å². The van der Waals surface area contributed by atoms with Gasteiger partial charge in [-0.3, -0.25) is 4.79 Å². The van der Waals surface area contributed by atoms with Crippen LogP contribution in [0, 0.1) is 0 Å². The van der Waals surface area contributed by atoms with Crippen molar-refractivity contribution in [3.8, 4) is 5.75 Å². The largest absolute Gasteiger partial charge is 0.506 e. The topological polar surface area (TPSA) is 101 Å². The summed E-state index contributed by atoms with van der Waals surface area (Å²) in [4.78, 5) is 26.6. The fourth-order valence-corrected chi connectivity index (χ4v) is 5.30. The van der Waals surface area contributed by atoms with Crippen LogP contribution in [-0.4, -0.2) is 61.0 Å². The van der Waals surface area contributed by atoms with E-state index in [1.54, 1.807) is 18.2 Å². The number of ether oxygens (including phenoxy) is 1. The average Bonchev–Trinajstić information content (AvgIpc) is 3.06. The Kier molecular flexibility index (Phi) is 6.42. The van der Waals surface area contributed by atoms with Crippen LogP contribution in [0.5, 0.6) is 5.75 Å². The lowest BCUT2D eigenvalue weighted by atomic mass is 10.1. The van der Waals surface area contributed by atoms with Gasteiger partial charge in [-0.05, 0) is 24.3 Å². The fourth-order valence-electron chi connectivity index (χ4n) is 3.57. The molecule has 1 fully saturated rings. The first-order valence-corrected chi connectivity index (χ1v) is 11.5. The zero-order chi connectivity index (χ0) is 21.0. The van der Waals surface area contributed by atoms with Gasteiger partial charge in [0.2, 0.25) is 0 Å². The highest BCUT2D eigenvalue weighted by atomic mass is 32.2. The number of hydrogen-bond acceptors (Lipinski definition) is 6. The molecule has 1 amide bonds. The van der Waals surface area contributed by atoms with Crippen molar-refractivity contribution in [3.63, 3.8) is 0 Å². The van der Waals surface area contributed by atoms with Crippen molar-refractivity contribution >= 4 is 32.5 Å². The summed E-state index contributed by atoms with van der Waals surface area (Å²) in [7, 11) is -3.13. The van der Waals surface area contributed by atoms with Crippen LogP contribution in [0.3, 0.4) is 0 Å². The standard InChI is InChI=1S/C21H25NO6S/c1-2-3-11-22(16-10-12-29(26,27)14-16)19(23)13-28-21(25)18-9-8-15-6-4-5-7-17(15)20(18)24/h4-9,16,24H,2-3,10-14H2,1H3. The van der Waals surface area contributed by atoms with Crippen LogP contribution in [0.1, 0.15) is 36.5 Å². The van der Waals surface area contributed by atoms with E-state index in [1.807, 2.05) is 19.1 Å². The minimum Gasteiger partial charge on any atom is -0.506 e. The molecule has 2 aromatic carbocycles. The van der Waals surface area contributed by atoms with Crippen molar-refractivity contribution in [3.05, 3.63) is 42.0 Å². The molecule has 1 unspecified atom stereocenters. The summed E-state index contributed by atoms with van der Waals surface area (Å²) in [6.07, 6.45) is 1.99. The molecule has 0 bridgehead atoms. The number of aromatic hydroxyl groups is 1. The average molecular weight is 419 g/mol. The molecule has 0 radical (unpaired) electrons. The molecule has 1 heterocycles. The molecule has 1 aliphatic rings. The first-order chi connectivity index (χ1) is 13.8. The van der Waals surface area contributed by atoms with Crippen molar-refractivity contribution in [1.82, 2.24) is 4.90 Å². The lowest BCUT2D eigenvalue weighted by Crippen LogP contribution is -2.43. The molecular weight excluding hydrogens is 394 g/mol. The third-order valence-electron chi connectivity index (χ3n) is 5.17. The van der Waals surface area contributed by atoms with Gasteiger partial charge in [0.05, 0.1) is 11.5 Å². The molecular formula is C21H25NO6S. The molecule has 3 rings (SSSR count). The van der Waals surface area contributed by atoms with Crippen LogP contribution in [0.15, 0.2) is 36.4 Å². The number of carbonyl (C=O) groups excluding carboxylic acids is 2. The lowest BCUT2D eigenvalue weighted by molar-refractivity contribution is -0.136. The molecule has 7 nitrogen and oxygen atoms in total. The Morgan fingerprint density at radius 2 is 1.97 bits per heavy atom. The van der Waals surface area contributed by atoms with Gasteiger partial charge in [0.25, 0.3) is 5.91 Å². The summed E-state index contributed by atoms with van der Waals surface area (Å²) >= 11 is 0. The maximum absolute atomic E-state index is 12.7. The number of esters is 1. The predicted molar refractivity (Wildman–Crippen MR) is 110 cm³/mol. The highest BCUT2D eigenvalue weighted by Crippen LogP contribution is 2.29. The van der Waals surface area contributed by atoms with Gasteiger partial charge < -0.3 is 14.7 Å². The van der Waals surface area contributed by atoms with E-state index in [9.17, 15) is 23.1 Å². The van der Waals surface area contributed by atoms with Crippen LogP contribution < -0.4 is 0 Å². The molecule has 2 aromatic rings. The third-order valence-corrected chi connectivity index (χ3v) is 6.92. The van der Waals surface area contributed by atoms with Gasteiger partial charge in [0, 0.05) is 18.0 Å². The lowest BCUT2D eigenvalue weighted by Gasteiger charge is -2.28. The number of benzene rings is 2. The molecule has 8 heteroatoms. The number of unbranched alkanes of at least 4 members (excludes halogenated alkanes) is 1. The number of carbonyl (C=O) groups is 2.